The number of carbonyl (C=O) groups is 1. The van der Waals surface area contributed by atoms with Crippen LogP contribution in [-0.2, 0) is 0 Å². The van der Waals surface area contributed by atoms with Gasteiger partial charge in [0.1, 0.15) is 0 Å². The molecule has 1 aromatic heterocycles. The van der Waals surface area contributed by atoms with Gasteiger partial charge in [0.15, 0.2) is 11.6 Å². The van der Waals surface area contributed by atoms with Crippen molar-refractivity contribution >= 4 is 12.0 Å². The smallest absolute Gasteiger partial charge is 0.295 e. The molecule has 0 radical (unpaired) electrons. The summed E-state index contributed by atoms with van der Waals surface area (Å²) in [4.78, 5) is 23.8. The van der Waals surface area contributed by atoms with Gasteiger partial charge in [0.2, 0.25) is 0 Å². The number of rotatable bonds is 4. The van der Waals surface area contributed by atoms with Gasteiger partial charge in [-0.25, -0.2) is 9.36 Å². The van der Waals surface area contributed by atoms with Gasteiger partial charge in [-0.15, -0.1) is 0 Å². The molecule has 22 heavy (non-hydrogen) atoms. The van der Waals surface area contributed by atoms with E-state index < -0.39 is 5.76 Å². The number of nitrogens with zero attached hydrogens (tertiary/aromatic N) is 2. The second kappa shape index (κ2) is 6.05. The van der Waals surface area contributed by atoms with Crippen LogP contribution >= 0.6 is 0 Å². The lowest BCUT2D eigenvalue weighted by Gasteiger charge is -1.98. The topological polar surface area (TPSA) is 65.1 Å². The van der Waals surface area contributed by atoms with Crippen LogP contribution in [0.4, 0.5) is 0 Å². The number of carbonyl (C=O) groups excluding carboxylic acids is 1. The van der Waals surface area contributed by atoms with Crippen molar-refractivity contribution in [3.05, 3.63) is 82.9 Å². The van der Waals surface area contributed by atoms with E-state index in [0.717, 1.165) is 5.56 Å². The molecule has 0 saturated heterocycles. The molecular weight excluding hydrogens is 280 g/mol. The van der Waals surface area contributed by atoms with E-state index in [0.29, 0.717) is 11.4 Å². The number of allylic oxidation sites excluding steroid dienone is 1. The van der Waals surface area contributed by atoms with E-state index in [-0.39, 0.29) is 5.78 Å². The molecule has 0 unspecified atom stereocenters. The summed E-state index contributed by atoms with van der Waals surface area (Å²) in [5.74, 6) is -0.494. The van der Waals surface area contributed by atoms with E-state index in [2.05, 4.69) is 9.68 Å². The van der Waals surface area contributed by atoms with E-state index in [9.17, 15) is 9.59 Å². The first kappa shape index (κ1) is 13.8. The van der Waals surface area contributed by atoms with E-state index in [4.69, 9.17) is 0 Å². The zero-order chi connectivity index (χ0) is 15.4. The Morgan fingerprint density at radius 1 is 1.00 bits per heavy atom. The van der Waals surface area contributed by atoms with E-state index >= 15 is 0 Å². The summed E-state index contributed by atoms with van der Waals surface area (Å²) < 4.78 is 5.89. The maximum Gasteiger partial charge on any atom is 0.446 e. The fraction of sp³-hybridized carbons (Fsp3) is 0. The lowest BCUT2D eigenvalue weighted by Crippen LogP contribution is -2.10. The van der Waals surface area contributed by atoms with Crippen LogP contribution in [0.5, 0.6) is 0 Å². The second-order valence-corrected chi connectivity index (χ2v) is 4.55. The fourth-order valence-electron chi connectivity index (χ4n) is 2.01. The SMILES string of the molecule is O=C(/C=C/n1c(-c2ccccc2)noc1=O)c1ccccc1. The Labute approximate surface area is 126 Å². The first-order valence-corrected chi connectivity index (χ1v) is 6.67. The molecule has 0 bridgehead atoms. The minimum atomic E-state index is -0.643. The fourth-order valence-corrected chi connectivity index (χ4v) is 2.01. The van der Waals surface area contributed by atoms with E-state index in [1.54, 1.807) is 36.4 Å². The van der Waals surface area contributed by atoms with Crippen LogP contribution in [0.25, 0.3) is 17.6 Å². The number of hydrogen-bond acceptors (Lipinski definition) is 4. The molecule has 0 N–H and O–H groups in total. The number of aromatic nitrogens is 2. The van der Waals surface area contributed by atoms with Crippen LogP contribution in [0.3, 0.4) is 0 Å². The Bertz CT molecular complexity index is 862. The summed E-state index contributed by atoms with van der Waals surface area (Å²) in [6.45, 7) is 0. The highest BCUT2D eigenvalue weighted by atomic mass is 16.5. The maximum atomic E-state index is 12.0. The molecule has 0 saturated carbocycles. The monoisotopic (exact) mass is 292 g/mol. The van der Waals surface area contributed by atoms with Crippen molar-refractivity contribution in [2.75, 3.05) is 0 Å². The zero-order valence-corrected chi connectivity index (χ0v) is 11.5. The molecule has 0 amide bonds. The lowest BCUT2D eigenvalue weighted by molar-refractivity contribution is 0.104. The summed E-state index contributed by atoms with van der Waals surface area (Å²) in [7, 11) is 0. The predicted molar refractivity (Wildman–Crippen MR) is 82.3 cm³/mol. The third kappa shape index (κ3) is 2.78. The van der Waals surface area contributed by atoms with Crippen molar-refractivity contribution < 1.29 is 9.32 Å². The summed E-state index contributed by atoms with van der Waals surface area (Å²) in [5.41, 5.74) is 1.27. The molecule has 108 valence electrons. The Balaban J connectivity index is 1.93. The van der Waals surface area contributed by atoms with Crippen molar-refractivity contribution in [1.82, 2.24) is 9.72 Å². The normalized spacial score (nSPS) is 10.9. The maximum absolute atomic E-state index is 12.0. The highest BCUT2D eigenvalue weighted by Crippen LogP contribution is 2.15. The summed E-state index contributed by atoms with van der Waals surface area (Å²) in [6, 6.07) is 17.9. The van der Waals surface area contributed by atoms with Gasteiger partial charge in [0.25, 0.3) is 0 Å². The van der Waals surface area contributed by atoms with Crippen LogP contribution in [-0.4, -0.2) is 15.5 Å². The minimum absolute atomic E-state index is 0.201. The van der Waals surface area contributed by atoms with Crippen LogP contribution in [0.15, 0.2) is 76.1 Å². The molecular formula is C17H12N2O3. The van der Waals surface area contributed by atoms with Gasteiger partial charge in [0, 0.05) is 23.4 Å². The van der Waals surface area contributed by atoms with Crippen LogP contribution in [0, 0.1) is 0 Å². The van der Waals surface area contributed by atoms with Gasteiger partial charge in [-0.2, -0.15) is 0 Å². The zero-order valence-electron chi connectivity index (χ0n) is 11.5. The van der Waals surface area contributed by atoms with Gasteiger partial charge in [-0.3, -0.25) is 9.32 Å². The third-order valence-corrected chi connectivity index (χ3v) is 3.10. The molecule has 3 aromatic rings. The quantitative estimate of drug-likeness (QED) is 0.548. The largest absolute Gasteiger partial charge is 0.446 e. The van der Waals surface area contributed by atoms with Crippen LogP contribution in [0.1, 0.15) is 10.4 Å². The molecule has 1 heterocycles. The molecule has 0 aliphatic rings. The van der Waals surface area contributed by atoms with E-state index in [1.165, 1.54) is 16.8 Å². The molecule has 0 spiro atoms. The number of hydrogen-bond donors (Lipinski definition) is 0. The molecule has 0 fully saturated rings. The van der Waals surface area contributed by atoms with Crippen molar-refractivity contribution in [3.8, 4) is 11.4 Å². The molecule has 2 aromatic carbocycles. The molecule has 0 aliphatic heterocycles. The first-order valence-electron chi connectivity index (χ1n) is 6.67. The average Bonchev–Trinajstić information content (AvgIpc) is 2.95. The Morgan fingerprint density at radius 2 is 1.64 bits per heavy atom. The Hall–Kier alpha value is -3.21. The van der Waals surface area contributed by atoms with Gasteiger partial charge in [-0.05, 0) is 0 Å². The lowest BCUT2D eigenvalue weighted by atomic mass is 10.1. The van der Waals surface area contributed by atoms with Crippen molar-refractivity contribution in [1.29, 1.82) is 0 Å². The molecule has 0 aliphatic carbocycles. The molecule has 5 heteroatoms. The Kier molecular flexibility index (Phi) is 3.78. The summed E-state index contributed by atoms with van der Waals surface area (Å²) >= 11 is 0. The summed E-state index contributed by atoms with van der Waals surface area (Å²) in [5, 5.41) is 3.75. The number of ketones is 1. The predicted octanol–water partition coefficient (Wildman–Crippen LogP) is 2.86. The van der Waals surface area contributed by atoms with Crippen LogP contribution < -0.4 is 5.76 Å². The molecule has 5 nitrogen and oxygen atoms in total. The van der Waals surface area contributed by atoms with Crippen molar-refractivity contribution in [2.24, 2.45) is 0 Å². The second-order valence-electron chi connectivity index (χ2n) is 4.55. The summed E-state index contributed by atoms with van der Waals surface area (Å²) in [6.07, 6.45) is 2.69. The highest BCUT2D eigenvalue weighted by molar-refractivity contribution is 6.06. The van der Waals surface area contributed by atoms with Gasteiger partial charge in [0.05, 0.1) is 0 Å². The number of benzene rings is 2. The van der Waals surface area contributed by atoms with Gasteiger partial charge < -0.3 is 0 Å². The molecule has 0 atom stereocenters. The third-order valence-electron chi connectivity index (χ3n) is 3.10. The van der Waals surface area contributed by atoms with Gasteiger partial charge >= 0.3 is 5.76 Å². The van der Waals surface area contributed by atoms with Crippen molar-refractivity contribution in [2.45, 2.75) is 0 Å². The van der Waals surface area contributed by atoms with Crippen molar-refractivity contribution in [3.63, 3.8) is 0 Å². The minimum Gasteiger partial charge on any atom is -0.295 e. The Morgan fingerprint density at radius 3 is 2.32 bits per heavy atom. The first-order chi connectivity index (χ1) is 10.8. The standard InChI is InChI=1S/C17H12N2O3/c20-15(13-7-3-1-4-8-13)11-12-19-16(18-22-17(19)21)14-9-5-2-6-10-14/h1-12H/b12-11+. The average molecular weight is 292 g/mol. The molecule has 3 rings (SSSR count). The van der Waals surface area contributed by atoms with Gasteiger partial charge in [-0.1, -0.05) is 65.8 Å². The van der Waals surface area contributed by atoms with E-state index in [1.807, 2.05) is 24.3 Å². The highest BCUT2D eigenvalue weighted by Gasteiger charge is 2.10. The van der Waals surface area contributed by atoms with Crippen LogP contribution in [0.2, 0.25) is 0 Å².